The maximum absolute atomic E-state index is 12.9. The highest BCUT2D eigenvalue weighted by molar-refractivity contribution is 6.31. The topological polar surface area (TPSA) is 107 Å². The van der Waals surface area contributed by atoms with Crippen molar-refractivity contribution in [3.8, 4) is 17.0 Å². The average Bonchev–Trinajstić information content (AvgIpc) is 3.37. The number of fused-ring (bicyclic) bond motifs is 1. The molecule has 3 heterocycles. The molecule has 0 atom stereocenters. The Bertz CT molecular complexity index is 1240. The van der Waals surface area contributed by atoms with Gasteiger partial charge in [-0.05, 0) is 24.3 Å². The number of carbonyl (C=O) groups excluding carboxylic acids is 1. The number of nitrogens with zero attached hydrogens (tertiary/aromatic N) is 5. The summed E-state index contributed by atoms with van der Waals surface area (Å²) in [5.41, 5.74) is 2.29. The normalized spacial score (nSPS) is 10.8. The molecule has 0 unspecified atom stereocenters. The van der Waals surface area contributed by atoms with E-state index in [2.05, 4.69) is 20.5 Å². The minimum atomic E-state index is -3.67. The fourth-order valence-electron chi connectivity index (χ4n) is 2.97. The standard InChI is InChI=1S/C19H17ClN6O3.CHF3/c1-29-16-4-3-12(20)9-13(16)17-15(11-25(24-17)7-8-27)23-19(28)14-10-22-26-6-2-5-21-18(14)26;2-1(3)4/h2-6,9-11,27H,7-8H2,1H3,(H,23,28);1H. The lowest BCUT2D eigenvalue weighted by Gasteiger charge is -2.09. The van der Waals surface area contributed by atoms with E-state index in [0.29, 0.717) is 38.9 Å². The van der Waals surface area contributed by atoms with E-state index in [-0.39, 0.29) is 19.1 Å². The predicted molar refractivity (Wildman–Crippen MR) is 114 cm³/mol. The van der Waals surface area contributed by atoms with Crippen LogP contribution in [0.1, 0.15) is 10.4 Å². The highest BCUT2D eigenvalue weighted by Crippen LogP contribution is 2.36. The molecule has 174 valence electrons. The van der Waals surface area contributed by atoms with Crippen LogP contribution in [-0.2, 0) is 6.54 Å². The molecule has 33 heavy (non-hydrogen) atoms. The molecule has 4 rings (SSSR count). The Morgan fingerprint density at radius 2 is 2.09 bits per heavy atom. The van der Waals surface area contributed by atoms with Gasteiger partial charge in [-0.15, -0.1) is 0 Å². The maximum atomic E-state index is 12.9. The minimum Gasteiger partial charge on any atom is -0.496 e. The molecule has 0 spiro atoms. The summed E-state index contributed by atoms with van der Waals surface area (Å²) in [7, 11) is 1.54. The molecule has 0 bridgehead atoms. The zero-order chi connectivity index (χ0) is 24.0. The van der Waals surface area contributed by atoms with Crippen LogP contribution in [0, 0.1) is 0 Å². The number of carbonyl (C=O) groups is 1. The third-order valence-corrected chi connectivity index (χ3v) is 4.51. The van der Waals surface area contributed by atoms with E-state index in [1.54, 1.807) is 54.6 Å². The fourth-order valence-corrected chi connectivity index (χ4v) is 3.14. The SMILES string of the molecule is COc1ccc(Cl)cc1-c1nn(CCO)cc1NC(=O)c1cnn2cccnc12.FC(F)F. The monoisotopic (exact) mass is 482 g/mol. The third kappa shape index (κ3) is 5.79. The predicted octanol–water partition coefficient (Wildman–Crippen LogP) is 3.68. The zero-order valence-electron chi connectivity index (χ0n) is 17.1. The number of aliphatic hydroxyl groups is 1. The summed E-state index contributed by atoms with van der Waals surface area (Å²) < 4.78 is 37.5. The molecule has 9 nitrogen and oxygen atoms in total. The smallest absolute Gasteiger partial charge is 0.379 e. The first-order valence-corrected chi connectivity index (χ1v) is 9.76. The number of hydrogen-bond donors (Lipinski definition) is 2. The van der Waals surface area contributed by atoms with Crippen molar-refractivity contribution in [2.45, 2.75) is 13.2 Å². The van der Waals surface area contributed by atoms with Crippen LogP contribution in [0.5, 0.6) is 5.75 Å². The van der Waals surface area contributed by atoms with Crippen LogP contribution in [0.2, 0.25) is 5.02 Å². The summed E-state index contributed by atoms with van der Waals surface area (Å²) in [6, 6.07) is 6.86. The third-order valence-electron chi connectivity index (χ3n) is 4.28. The first-order chi connectivity index (χ1) is 15.8. The second kappa shape index (κ2) is 10.8. The number of aliphatic hydroxyl groups excluding tert-OH is 1. The molecule has 0 aliphatic carbocycles. The second-order valence-corrected chi connectivity index (χ2v) is 6.81. The molecule has 0 aliphatic heterocycles. The Morgan fingerprint density at radius 3 is 2.79 bits per heavy atom. The van der Waals surface area contributed by atoms with Crippen LogP contribution >= 0.6 is 11.6 Å². The molecule has 1 amide bonds. The molecule has 3 aromatic heterocycles. The first kappa shape index (κ1) is 24.0. The van der Waals surface area contributed by atoms with Gasteiger partial charge in [0.05, 0.1) is 32.1 Å². The van der Waals surface area contributed by atoms with Gasteiger partial charge in [-0.3, -0.25) is 9.48 Å². The molecule has 1 aromatic carbocycles. The highest BCUT2D eigenvalue weighted by atomic mass is 35.5. The first-order valence-electron chi connectivity index (χ1n) is 9.38. The summed E-state index contributed by atoms with van der Waals surface area (Å²) in [6.07, 6.45) is 6.40. The van der Waals surface area contributed by atoms with Gasteiger partial charge in [0, 0.05) is 29.2 Å². The lowest BCUT2D eigenvalue weighted by molar-refractivity contribution is 0.00818. The molecule has 0 fully saturated rings. The average molecular weight is 483 g/mol. The number of methoxy groups -OCH3 is 1. The van der Waals surface area contributed by atoms with Gasteiger partial charge in [-0.2, -0.15) is 23.4 Å². The number of amides is 1. The summed E-state index contributed by atoms with van der Waals surface area (Å²) in [4.78, 5) is 17.1. The van der Waals surface area contributed by atoms with Crippen LogP contribution in [0.3, 0.4) is 0 Å². The quantitative estimate of drug-likeness (QED) is 0.434. The van der Waals surface area contributed by atoms with E-state index in [0.717, 1.165) is 0 Å². The molecule has 2 N–H and O–H groups in total. The Balaban J connectivity index is 0.000000709. The molecule has 0 radical (unpaired) electrons. The van der Waals surface area contributed by atoms with Crippen molar-refractivity contribution in [3.05, 3.63) is 59.6 Å². The lowest BCUT2D eigenvalue weighted by atomic mass is 10.1. The van der Waals surface area contributed by atoms with Crippen LogP contribution in [-0.4, -0.2) is 55.8 Å². The largest absolute Gasteiger partial charge is 0.496 e. The second-order valence-electron chi connectivity index (χ2n) is 6.37. The molecule has 0 aliphatic rings. The van der Waals surface area contributed by atoms with E-state index in [1.807, 2.05) is 0 Å². The number of benzene rings is 1. The van der Waals surface area contributed by atoms with Crippen molar-refractivity contribution >= 4 is 28.8 Å². The van der Waals surface area contributed by atoms with E-state index < -0.39 is 6.68 Å². The lowest BCUT2D eigenvalue weighted by Crippen LogP contribution is -2.12. The number of hydrogen-bond acceptors (Lipinski definition) is 6. The van der Waals surface area contributed by atoms with Gasteiger partial charge in [0.1, 0.15) is 17.0 Å². The number of halogens is 4. The van der Waals surface area contributed by atoms with Crippen LogP contribution in [0.15, 0.2) is 49.1 Å². The number of anilines is 1. The summed E-state index contributed by atoms with van der Waals surface area (Å²) in [5.74, 6) is 0.168. The van der Waals surface area contributed by atoms with Crippen molar-refractivity contribution in [1.82, 2.24) is 24.4 Å². The molecular weight excluding hydrogens is 465 g/mol. The van der Waals surface area contributed by atoms with E-state index in [4.69, 9.17) is 16.3 Å². The van der Waals surface area contributed by atoms with Gasteiger partial charge in [-0.1, -0.05) is 11.6 Å². The minimum absolute atomic E-state index is 0.0981. The summed E-state index contributed by atoms with van der Waals surface area (Å²) in [5, 5.41) is 21.3. The number of rotatable bonds is 6. The number of ether oxygens (including phenoxy) is 1. The molecule has 13 heteroatoms. The van der Waals surface area contributed by atoms with Gasteiger partial charge in [0.2, 0.25) is 0 Å². The van der Waals surface area contributed by atoms with E-state index in [9.17, 15) is 23.1 Å². The zero-order valence-corrected chi connectivity index (χ0v) is 17.9. The van der Waals surface area contributed by atoms with Gasteiger partial charge in [0.25, 0.3) is 5.91 Å². The van der Waals surface area contributed by atoms with Crippen molar-refractivity contribution in [1.29, 1.82) is 0 Å². The van der Waals surface area contributed by atoms with Gasteiger partial charge in [-0.25, -0.2) is 9.50 Å². The molecule has 0 saturated carbocycles. The number of alkyl halides is 3. The van der Waals surface area contributed by atoms with Crippen LogP contribution in [0.4, 0.5) is 18.9 Å². The number of aromatic nitrogens is 5. The van der Waals surface area contributed by atoms with Gasteiger partial charge >= 0.3 is 6.68 Å². The molecular formula is C20H18ClF3N6O3. The Hall–Kier alpha value is -3.64. The van der Waals surface area contributed by atoms with Crippen molar-refractivity contribution in [2.75, 3.05) is 19.0 Å². The highest BCUT2D eigenvalue weighted by Gasteiger charge is 2.20. The van der Waals surface area contributed by atoms with E-state index >= 15 is 0 Å². The number of nitrogens with one attached hydrogen (secondary N) is 1. The van der Waals surface area contributed by atoms with Gasteiger partial charge < -0.3 is 15.2 Å². The summed E-state index contributed by atoms with van der Waals surface area (Å²) >= 11 is 6.16. The molecule has 4 aromatic rings. The van der Waals surface area contributed by atoms with Crippen molar-refractivity contribution in [3.63, 3.8) is 0 Å². The van der Waals surface area contributed by atoms with Crippen LogP contribution < -0.4 is 10.1 Å². The fraction of sp³-hybridized carbons (Fsp3) is 0.200. The van der Waals surface area contributed by atoms with E-state index in [1.165, 1.54) is 10.7 Å². The van der Waals surface area contributed by atoms with Crippen LogP contribution in [0.25, 0.3) is 16.9 Å². The maximum Gasteiger partial charge on any atom is 0.379 e. The Kier molecular flexibility index (Phi) is 7.85. The van der Waals surface area contributed by atoms with Crippen molar-refractivity contribution in [2.24, 2.45) is 0 Å². The Morgan fingerprint density at radius 1 is 1.33 bits per heavy atom. The molecule has 0 saturated heterocycles. The van der Waals surface area contributed by atoms with Crippen molar-refractivity contribution < 1.29 is 27.8 Å². The Labute approximate surface area is 190 Å². The van der Waals surface area contributed by atoms with Gasteiger partial charge in [0.15, 0.2) is 5.65 Å². The summed E-state index contributed by atoms with van der Waals surface area (Å²) in [6.45, 7) is -3.50.